The Kier molecular flexibility index (Phi) is 7.52. The molecule has 2 N–H and O–H groups in total. The summed E-state index contributed by atoms with van der Waals surface area (Å²) >= 11 is 0. The third-order valence-corrected chi connectivity index (χ3v) is 3.24. The van der Waals surface area contributed by atoms with Crippen LogP contribution in [0.5, 0.6) is 5.75 Å². The number of unbranched alkanes of at least 4 members (excludes halogenated alkanes) is 3. The number of carbonyl (C=O) groups excluding carboxylic acids is 1. The zero-order chi connectivity index (χ0) is 17.2. The number of aliphatic carboxylic acids is 1. The maximum Gasteiger partial charge on any atom is 0.303 e. The van der Waals surface area contributed by atoms with E-state index in [4.69, 9.17) is 9.84 Å². The summed E-state index contributed by atoms with van der Waals surface area (Å²) in [7, 11) is 1.39. The average Bonchev–Trinajstić information content (AvgIpc) is 2.52. The molecule has 1 amide bonds. The first kappa shape index (κ1) is 18.4. The Morgan fingerprint density at radius 1 is 1.26 bits per heavy atom. The minimum Gasteiger partial charge on any atom is -0.496 e. The number of nitrogens with zero attached hydrogens (tertiary/aromatic N) is 1. The number of rotatable bonds is 10. The number of hydrogen-bond acceptors (Lipinski definition) is 5. The fourth-order valence-electron chi connectivity index (χ4n) is 2.04. The highest BCUT2D eigenvalue weighted by Crippen LogP contribution is 2.23. The largest absolute Gasteiger partial charge is 0.496 e. The number of carboxylic acids is 1. The van der Waals surface area contributed by atoms with Crippen LogP contribution in [0, 0.1) is 10.1 Å². The van der Waals surface area contributed by atoms with Crippen LogP contribution in [-0.2, 0) is 4.79 Å². The minimum absolute atomic E-state index is 0.118. The summed E-state index contributed by atoms with van der Waals surface area (Å²) in [6, 6.07) is 3.85. The summed E-state index contributed by atoms with van der Waals surface area (Å²) in [5.41, 5.74) is -0.0582. The van der Waals surface area contributed by atoms with Gasteiger partial charge >= 0.3 is 5.97 Å². The maximum atomic E-state index is 12.1. The van der Waals surface area contributed by atoms with E-state index in [-0.39, 0.29) is 23.4 Å². The van der Waals surface area contributed by atoms with Crippen molar-refractivity contribution < 1.29 is 24.4 Å². The molecule has 1 aromatic carbocycles. The number of non-ortho nitro benzene ring substituents is 1. The molecule has 0 bridgehead atoms. The SMILES string of the molecule is COc1ccc([N+](=O)[O-])cc1C(=O)NCCCCCCC(=O)O. The normalized spacial score (nSPS) is 10.1. The molecule has 0 aliphatic heterocycles. The van der Waals surface area contributed by atoms with E-state index in [2.05, 4.69) is 5.32 Å². The number of amides is 1. The Hall–Kier alpha value is -2.64. The first-order valence-corrected chi connectivity index (χ1v) is 7.28. The second-order valence-electron chi connectivity index (χ2n) is 4.96. The van der Waals surface area contributed by atoms with E-state index in [1.165, 1.54) is 25.3 Å². The lowest BCUT2D eigenvalue weighted by atomic mass is 10.1. The van der Waals surface area contributed by atoms with Gasteiger partial charge in [-0.05, 0) is 18.9 Å². The van der Waals surface area contributed by atoms with Crippen molar-refractivity contribution in [2.45, 2.75) is 32.1 Å². The molecule has 0 spiro atoms. The highest BCUT2D eigenvalue weighted by molar-refractivity contribution is 5.97. The smallest absolute Gasteiger partial charge is 0.303 e. The van der Waals surface area contributed by atoms with Crippen LogP contribution in [0.4, 0.5) is 5.69 Å². The molecule has 1 aromatic rings. The fraction of sp³-hybridized carbons (Fsp3) is 0.467. The van der Waals surface area contributed by atoms with Crippen LogP contribution in [0.25, 0.3) is 0 Å². The van der Waals surface area contributed by atoms with Crippen molar-refractivity contribution in [1.82, 2.24) is 5.32 Å². The van der Waals surface area contributed by atoms with Gasteiger partial charge in [0.2, 0.25) is 0 Å². The number of carbonyl (C=O) groups is 2. The van der Waals surface area contributed by atoms with Crippen LogP contribution in [0.15, 0.2) is 18.2 Å². The predicted octanol–water partition coefficient (Wildman–Crippen LogP) is 2.37. The van der Waals surface area contributed by atoms with E-state index in [1.807, 2.05) is 0 Å². The van der Waals surface area contributed by atoms with Gasteiger partial charge in [0, 0.05) is 25.1 Å². The van der Waals surface area contributed by atoms with Crippen LogP contribution in [-0.4, -0.2) is 35.6 Å². The number of carboxylic acid groups (broad SMARTS) is 1. The third-order valence-electron chi connectivity index (χ3n) is 3.24. The molecule has 0 fully saturated rings. The van der Waals surface area contributed by atoms with Gasteiger partial charge in [-0.3, -0.25) is 19.7 Å². The predicted molar refractivity (Wildman–Crippen MR) is 82.7 cm³/mol. The van der Waals surface area contributed by atoms with Crippen molar-refractivity contribution in [1.29, 1.82) is 0 Å². The molecule has 0 heterocycles. The Labute approximate surface area is 133 Å². The number of ether oxygens (including phenoxy) is 1. The summed E-state index contributed by atoms with van der Waals surface area (Å²) < 4.78 is 5.04. The van der Waals surface area contributed by atoms with Gasteiger partial charge in [0.05, 0.1) is 17.6 Å². The second kappa shape index (κ2) is 9.39. The van der Waals surface area contributed by atoms with E-state index in [0.29, 0.717) is 19.4 Å². The molecule has 0 unspecified atom stereocenters. The zero-order valence-electron chi connectivity index (χ0n) is 12.9. The van der Waals surface area contributed by atoms with Crippen molar-refractivity contribution in [2.24, 2.45) is 0 Å². The van der Waals surface area contributed by atoms with Gasteiger partial charge < -0.3 is 15.2 Å². The highest BCUT2D eigenvalue weighted by Gasteiger charge is 2.16. The highest BCUT2D eigenvalue weighted by atomic mass is 16.6. The Bertz CT molecular complexity index is 573. The van der Waals surface area contributed by atoms with Gasteiger partial charge in [-0.2, -0.15) is 0 Å². The van der Waals surface area contributed by atoms with E-state index >= 15 is 0 Å². The molecule has 8 heteroatoms. The molecule has 0 radical (unpaired) electrons. The Balaban J connectivity index is 2.46. The molecule has 0 aliphatic rings. The number of methoxy groups -OCH3 is 1. The minimum atomic E-state index is -0.809. The summed E-state index contributed by atoms with van der Waals surface area (Å²) in [4.78, 5) is 32.6. The number of nitro groups is 1. The summed E-state index contributed by atoms with van der Waals surface area (Å²) in [6.45, 7) is 0.414. The van der Waals surface area contributed by atoms with Crippen LogP contribution < -0.4 is 10.1 Å². The fourth-order valence-corrected chi connectivity index (χ4v) is 2.04. The Morgan fingerprint density at radius 3 is 2.57 bits per heavy atom. The molecule has 23 heavy (non-hydrogen) atoms. The molecule has 1 rings (SSSR count). The van der Waals surface area contributed by atoms with Gasteiger partial charge in [-0.1, -0.05) is 12.8 Å². The lowest BCUT2D eigenvalue weighted by molar-refractivity contribution is -0.384. The number of benzene rings is 1. The lowest BCUT2D eigenvalue weighted by Gasteiger charge is -2.09. The molecule has 126 valence electrons. The van der Waals surface area contributed by atoms with Gasteiger partial charge in [-0.15, -0.1) is 0 Å². The zero-order valence-corrected chi connectivity index (χ0v) is 12.9. The third kappa shape index (κ3) is 6.33. The number of hydrogen-bond donors (Lipinski definition) is 2. The lowest BCUT2D eigenvalue weighted by Crippen LogP contribution is -2.25. The van der Waals surface area contributed by atoms with Crippen LogP contribution in [0.3, 0.4) is 0 Å². The van der Waals surface area contributed by atoms with Gasteiger partial charge in [0.15, 0.2) is 0 Å². The summed E-state index contributed by atoms with van der Waals surface area (Å²) in [6.07, 6.45) is 3.06. The van der Waals surface area contributed by atoms with Gasteiger partial charge in [-0.25, -0.2) is 0 Å². The van der Waals surface area contributed by atoms with Crippen molar-refractivity contribution in [3.63, 3.8) is 0 Å². The van der Waals surface area contributed by atoms with Crippen molar-refractivity contribution >= 4 is 17.6 Å². The van der Waals surface area contributed by atoms with Crippen LogP contribution in [0.1, 0.15) is 42.5 Å². The number of nitrogens with one attached hydrogen (secondary N) is 1. The quantitative estimate of drug-likeness (QED) is 0.387. The van der Waals surface area contributed by atoms with Crippen LogP contribution >= 0.6 is 0 Å². The van der Waals surface area contributed by atoms with Crippen molar-refractivity contribution in [3.05, 3.63) is 33.9 Å². The van der Waals surface area contributed by atoms with Gasteiger partial charge in [0.25, 0.3) is 11.6 Å². The molecule has 0 saturated carbocycles. The monoisotopic (exact) mass is 324 g/mol. The molecular formula is C15H20N2O6. The first-order valence-electron chi connectivity index (χ1n) is 7.28. The Morgan fingerprint density at radius 2 is 1.96 bits per heavy atom. The molecule has 0 aromatic heterocycles. The maximum absolute atomic E-state index is 12.1. The molecule has 0 aliphatic carbocycles. The van der Waals surface area contributed by atoms with Crippen molar-refractivity contribution in [2.75, 3.05) is 13.7 Å². The standard InChI is InChI=1S/C15H20N2O6/c1-23-13-8-7-11(17(21)22)10-12(13)15(20)16-9-5-3-2-4-6-14(18)19/h7-8,10H,2-6,9H2,1H3,(H,16,20)(H,18,19). The molecule has 8 nitrogen and oxygen atoms in total. The molecule has 0 atom stereocenters. The van der Waals surface area contributed by atoms with Crippen LogP contribution in [0.2, 0.25) is 0 Å². The second-order valence-corrected chi connectivity index (χ2v) is 4.96. The molecular weight excluding hydrogens is 304 g/mol. The van der Waals surface area contributed by atoms with E-state index in [1.54, 1.807) is 0 Å². The summed E-state index contributed by atoms with van der Waals surface area (Å²) in [5.74, 6) is -0.971. The molecule has 0 saturated heterocycles. The first-order chi connectivity index (χ1) is 11.0. The van der Waals surface area contributed by atoms with Gasteiger partial charge in [0.1, 0.15) is 5.75 Å². The van der Waals surface area contributed by atoms with E-state index in [9.17, 15) is 19.7 Å². The average molecular weight is 324 g/mol. The van der Waals surface area contributed by atoms with E-state index < -0.39 is 16.8 Å². The topological polar surface area (TPSA) is 119 Å². The number of nitro benzene ring substituents is 1. The summed E-state index contributed by atoms with van der Waals surface area (Å²) in [5, 5.41) is 22.0. The van der Waals surface area contributed by atoms with E-state index in [0.717, 1.165) is 12.8 Å². The van der Waals surface area contributed by atoms with Crippen molar-refractivity contribution in [3.8, 4) is 5.75 Å².